The van der Waals surface area contributed by atoms with Crippen LogP contribution >= 0.6 is 0 Å². The summed E-state index contributed by atoms with van der Waals surface area (Å²) in [7, 11) is 0. The van der Waals surface area contributed by atoms with E-state index < -0.39 is 0 Å². The fourth-order valence-corrected chi connectivity index (χ4v) is 3.56. The molecule has 1 aromatic carbocycles. The molecular weight excluding hydrogens is 318 g/mol. The summed E-state index contributed by atoms with van der Waals surface area (Å²) in [5, 5.41) is 7.09. The number of rotatable bonds is 3. The van der Waals surface area contributed by atoms with Gasteiger partial charge in [-0.15, -0.1) is 0 Å². The van der Waals surface area contributed by atoms with Gasteiger partial charge in [-0.1, -0.05) is 6.07 Å². The summed E-state index contributed by atoms with van der Waals surface area (Å²) in [6.07, 6.45) is 5.71. The molecule has 130 valence electrons. The van der Waals surface area contributed by atoms with E-state index in [-0.39, 0.29) is 18.0 Å². The summed E-state index contributed by atoms with van der Waals surface area (Å²) >= 11 is 0. The largest absolute Gasteiger partial charge is 0.337 e. The normalized spacial score (nSPS) is 20.6. The molecule has 0 radical (unpaired) electrons. The van der Waals surface area contributed by atoms with Crippen molar-refractivity contribution in [2.75, 3.05) is 31.1 Å². The molecule has 0 bridgehead atoms. The fraction of sp³-hybridized carbons (Fsp3) is 0.389. The Hall–Kier alpha value is -2.83. The number of aromatic nitrogens is 2. The van der Waals surface area contributed by atoms with Crippen molar-refractivity contribution in [1.82, 2.24) is 20.0 Å². The van der Waals surface area contributed by atoms with Gasteiger partial charge in [-0.05, 0) is 37.1 Å². The number of anilines is 1. The number of likely N-dealkylation sites (tertiary alicyclic amines) is 1. The first-order chi connectivity index (χ1) is 12.2. The molecule has 2 fully saturated rings. The molecule has 0 saturated carbocycles. The quantitative estimate of drug-likeness (QED) is 0.928. The topological polar surface area (TPSA) is 70.5 Å². The summed E-state index contributed by atoms with van der Waals surface area (Å²) < 4.78 is 1.93. The highest BCUT2D eigenvalue weighted by Crippen LogP contribution is 2.24. The second-order valence-electron chi connectivity index (χ2n) is 6.47. The van der Waals surface area contributed by atoms with Crippen LogP contribution in [0, 0.1) is 0 Å². The molecule has 2 aromatic rings. The van der Waals surface area contributed by atoms with E-state index in [2.05, 4.69) is 10.4 Å². The first-order valence-corrected chi connectivity index (χ1v) is 8.66. The summed E-state index contributed by atoms with van der Waals surface area (Å²) in [4.78, 5) is 28.3. The second kappa shape index (κ2) is 6.58. The van der Waals surface area contributed by atoms with Crippen molar-refractivity contribution in [3.05, 3.63) is 48.3 Å². The summed E-state index contributed by atoms with van der Waals surface area (Å²) in [5.41, 5.74) is 1.39. The zero-order valence-electron chi connectivity index (χ0n) is 14.0. The number of benzene rings is 1. The maximum atomic E-state index is 12.9. The number of hydrogen-bond donors (Lipinski definition) is 1. The zero-order chi connectivity index (χ0) is 17.2. The summed E-state index contributed by atoms with van der Waals surface area (Å²) in [6.45, 7) is 2.68. The molecule has 2 saturated heterocycles. The molecule has 1 atom stereocenters. The number of carbonyl (C=O) groups excluding carboxylic acids is 2. The first-order valence-electron chi connectivity index (χ1n) is 8.66. The van der Waals surface area contributed by atoms with E-state index in [4.69, 9.17) is 0 Å². The van der Waals surface area contributed by atoms with Crippen LogP contribution in [-0.2, 0) is 0 Å². The number of piperidine rings is 1. The van der Waals surface area contributed by atoms with Crippen molar-refractivity contribution in [2.24, 2.45) is 0 Å². The number of carbonyl (C=O) groups is 2. The van der Waals surface area contributed by atoms with E-state index >= 15 is 0 Å². The Morgan fingerprint density at radius 2 is 2.16 bits per heavy atom. The van der Waals surface area contributed by atoms with Crippen LogP contribution in [-0.4, -0.2) is 52.8 Å². The average Bonchev–Trinajstić information content (AvgIpc) is 3.33. The van der Waals surface area contributed by atoms with Crippen molar-refractivity contribution in [2.45, 2.75) is 18.9 Å². The van der Waals surface area contributed by atoms with E-state index in [0.717, 1.165) is 25.1 Å². The van der Waals surface area contributed by atoms with Gasteiger partial charge in [-0.3, -0.25) is 14.4 Å². The Balaban J connectivity index is 1.51. The summed E-state index contributed by atoms with van der Waals surface area (Å²) in [6, 6.07) is 9.35. The van der Waals surface area contributed by atoms with Gasteiger partial charge in [-0.25, -0.2) is 4.79 Å². The molecule has 1 aromatic heterocycles. The smallest absolute Gasteiger partial charge is 0.321 e. The number of amides is 3. The zero-order valence-corrected chi connectivity index (χ0v) is 14.0. The monoisotopic (exact) mass is 339 g/mol. The number of nitrogens with one attached hydrogen (secondary N) is 1. The van der Waals surface area contributed by atoms with E-state index in [9.17, 15) is 9.59 Å². The predicted molar refractivity (Wildman–Crippen MR) is 93.6 cm³/mol. The lowest BCUT2D eigenvalue weighted by molar-refractivity contribution is 0.0673. The number of nitrogens with zero attached hydrogens (tertiary/aromatic N) is 4. The molecule has 1 N–H and O–H groups in total. The second-order valence-corrected chi connectivity index (χ2v) is 6.47. The molecule has 0 spiro atoms. The van der Waals surface area contributed by atoms with Crippen LogP contribution in [0.3, 0.4) is 0 Å². The highest BCUT2D eigenvalue weighted by Gasteiger charge is 2.27. The number of hydrogen-bond acceptors (Lipinski definition) is 3. The third-order valence-corrected chi connectivity index (χ3v) is 4.84. The average molecular weight is 339 g/mol. The lowest BCUT2D eigenvalue weighted by atomic mass is 10.0. The lowest BCUT2D eigenvalue weighted by Crippen LogP contribution is -2.41. The minimum Gasteiger partial charge on any atom is -0.337 e. The Bertz CT molecular complexity index is 774. The van der Waals surface area contributed by atoms with E-state index in [1.807, 2.05) is 46.1 Å². The van der Waals surface area contributed by atoms with Crippen LogP contribution < -0.4 is 10.2 Å². The van der Waals surface area contributed by atoms with Crippen LogP contribution in [0.4, 0.5) is 10.5 Å². The SMILES string of the molecule is O=C(c1cccc(N2CCNC2=O)c1)N1CCC[C@@H](n2cccn2)C1. The molecule has 2 aliphatic rings. The summed E-state index contributed by atoms with van der Waals surface area (Å²) in [5.74, 6) is 0.0123. The van der Waals surface area contributed by atoms with Crippen molar-refractivity contribution >= 4 is 17.6 Å². The Kier molecular flexibility index (Phi) is 4.13. The third-order valence-electron chi connectivity index (χ3n) is 4.84. The molecule has 7 heteroatoms. The molecular formula is C18H21N5O2. The van der Waals surface area contributed by atoms with Crippen LogP contribution in [0.2, 0.25) is 0 Å². The number of urea groups is 1. The van der Waals surface area contributed by atoms with Gasteiger partial charge in [0.25, 0.3) is 5.91 Å². The van der Waals surface area contributed by atoms with Gasteiger partial charge in [0.2, 0.25) is 0 Å². The molecule has 25 heavy (non-hydrogen) atoms. The van der Waals surface area contributed by atoms with Gasteiger partial charge < -0.3 is 10.2 Å². The lowest BCUT2D eigenvalue weighted by Gasteiger charge is -2.33. The molecule has 2 aliphatic heterocycles. The Morgan fingerprint density at radius 3 is 2.92 bits per heavy atom. The molecule has 3 heterocycles. The van der Waals surface area contributed by atoms with Gasteiger partial charge in [0.15, 0.2) is 0 Å². The van der Waals surface area contributed by atoms with Crippen molar-refractivity contribution in [1.29, 1.82) is 0 Å². The third kappa shape index (κ3) is 3.09. The minimum absolute atomic E-state index is 0.0123. The van der Waals surface area contributed by atoms with Crippen molar-refractivity contribution in [3.63, 3.8) is 0 Å². The highest BCUT2D eigenvalue weighted by molar-refractivity contribution is 5.98. The van der Waals surface area contributed by atoms with Gasteiger partial charge in [0.05, 0.1) is 6.04 Å². The predicted octanol–water partition coefficient (Wildman–Crippen LogP) is 1.89. The highest BCUT2D eigenvalue weighted by atomic mass is 16.2. The standard InChI is InChI=1S/C18H21N5O2/c24-17(21-9-2-6-16(13-21)23-10-3-7-20-23)14-4-1-5-15(12-14)22-11-8-19-18(22)25/h1,3-5,7,10,12,16H,2,6,8-9,11,13H2,(H,19,25)/t16-/m1/s1. The molecule has 7 nitrogen and oxygen atoms in total. The van der Waals surface area contributed by atoms with Crippen molar-refractivity contribution < 1.29 is 9.59 Å². The molecule has 4 rings (SSSR count). The van der Waals surface area contributed by atoms with Gasteiger partial charge in [0.1, 0.15) is 0 Å². The van der Waals surface area contributed by atoms with Crippen LogP contribution in [0.5, 0.6) is 0 Å². The van der Waals surface area contributed by atoms with Crippen LogP contribution in [0.25, 0.3) is 0 Å². The van der Waals surface area contributed by atoms with Gasteiger partial charge >= 0.3 is 6.03 Å². The Morgan fingerprint density at radius 1 is 1.24 bits per heavy atom. The van der Waals surface area contributed by atoms with E-state index in [0.29, 0.717) is 25.2 Å². The maximum Gasteiger partial charge on any atom is 0.321 e. The molecule has 0 aliphatic carbocycles. The first kappa shape index (κ1) is 15.7. The molecule has 3 amide bonds. The van der Waals surface area contributed by atoms with Gasteiger partial charge in [0, 0.05) is 49.8 Å². The van der Waals surface area contributed by atoms with E-state index in [1.165, 1.54) is 0 Å². The molecule has 0 unspecified atom stereocenters. The van der Waals surface area contributed by atoms with Crippen LogP contribution in [0.1, 0.15) is 29.2 Å². The Labute approximate surface area is 146 Å². The van der Waals surface area contributed by atoms with Crippen molar-refractivity contribution in [3.8, 4) is 0 Å². The van der Waals surface area contributed by atoms with Gasteiger partial charge in [-0.2, -0.15) is 5.10 Å². The minimum atomic E-state index is -0.110. The maximum absolute atomic E-state index is 12.9. The van der Waals surface area contributed by atoms with Crippen LogP contribution in [0.15, 0.2) is 42.7 Å². The van der Waals surface area contributed by atoms with E-state index in [1.54, 1.807) is 11.1 Å². The fourth-order valence-electron chi connectivity index (χ4n) is 3.56.